The second-order valence-corrected chi connectivity index (χ2v) is 6.74. The largest absolute Gasteiger partial charge is 0.468 e. The van der Waals surface area contributed by atoms with Gasteiger partial charge < -0.3 is 15.1 Å². The minimum Gasteiger partial charge on any atom is -0.468 e. The molecule has 2 aromatic carbocycles. The van der Waals surface area contributed by atoms with Gasteiger partial charge in [0.15, 0.2) is 0 Å². The minimum atomic E-state index is -0.317. The van der Waals surface area contributed by atoms with Crippen LogP contribution in [0.2, 0.25) is 5.02 Å². The quantitative estimate of drug-likeness (QED) is 0.624. The summed E-state index contributed by atoms with van der Waals surface area (Å²) in [6.07, 6.45) is 1.60. The zero-order valence-corrected chi connectivity index (χ0v) is 16.1. The van der Waals surface area contributed by atoms with E-state index in [-0.39, 0.29) is 18.4 Å². The van der Waals surface area contributed by atoms with Gasteiger partial charge in [-0.3, -0.25) is 14.5 Å². The number of para-hydroxylation sites is 1. The maximum Gasteiger partial charge on any atom is 0.257 e. The minimum absolute atomic E-state index is 0.161. The van der Waals surface area contributed by atoms with E-state index in [0.717, 1.165) is 5.76 Å². The van der Waals surface area contributed by atoms with Crippen LogP contribution in [0.25, 0.3) is 0 Å². The van der Waals surface area contributed by atoms with Crippen molar-refractivity contribution in [1.82, 2.24) is 4.90 Å². The Kier molecular flexibility index (Phi) is 6.47. The van der Waals surface area contributed by atoms with Gasteiger partial charge in [-0.2, -0.15) is 0 Å². The van der Waals surface area contributed by atoms with E-state index in [1.54, 1.807) is 60.9 Å². The molecular formula is C21H20ClN3O3. The van der Waals surface area contributed by atoms with Crippen molar-refractivity contribution in [3.63, 3.8) is 0 Å². The van der Waals surface area contributed by atoms with Crippen molar-refractivity contribution < 1.29 is 14.0 Å². The van der Waals surface area contributed by atoms with Gasteiger partial charge in [-0.15, -0.1) is 0 Å². The molecule has 0 radical (unpaired) electrons. The van der Waals surface area contributed by atoms with Gasteiger partial charge in [-0.05, 0) is 55.6 Å². The average Bonchev–Trinajstić information content (AvgIpc) is 3.16. The molecule has 1 aromatic heterocycles. The van der Waals surface area contributed by atoms with Gasteiger partial charge in [0.1, 0.15) is 5.76 Å². The molecule has 6 nitrogen and oxygen atoms in total. The van der Waals surface area contributed by atoms with Gasteiger partial charge in [-0.25, -0.2) is 0 Å². The molecule has 2 amide bonds. The van der Waals surface area contributed by atoms with Crippen molar-refractivity contribution >= 4 is 34.8 Å². The third-order valence-electron chi connectivity index (χ3n) is 3.97. The van der Waals surface area contributed by atoms with Crippen LogP contribution in [-0.4, -0.2) is 30.3 Å². The molecular weight excluding hydrogens is 378 g/mol. The molecule has 0 saturated heterocycles. The lowest BCUT2D eigenvalue weighted by Gasteiger charge is -2.16. The molecule has 0 bridgehead atoms. The van der Waals surface area contributed by atoms with Crippen molar-refractivity contribution in [3.05, 3.63) is 83.3 Å². The molecule has 7 heteroatoms. The lowest BCUT2D eigenvalue weighted by Crippen LogP contribution is -2.30. The molecule has 144 valence electrons. The van der Waals surface area contributed by atoms with Crippen LogP contribution >= 0.6 is 11.6 Å². The van der Waals surface area contributed by atoms with E-state index in [4.69, 9.17) is 16.0 Å². The number of benzene rings is 2. The first-order valence-corrected chi connectivity index (χ1v) is 9.06. The van der Waals surface area contributed by atoms with Crippen LogP contribution in [-0.2, 0) is 11.3 Å². The molecule has 0 aliphatic rings. The average molecular weight is 398 g/mol. The SMILES string of the molecule is CN(CC(=O)Nc1ccccc1C(=O)Nc1ccc(Cl)cc1)Cc1ccco1. The highest BCUT2D eigenvalue weighted by molar-refractivity contribution is 6.30. The van der Waals surface area contributed by atoms with Crippen LogP contribution in [0, 0.1) is 0 Å². The van der Waals surface area contributed by atoms with Crippen LogP contribution < -0.4 is 10.6 Å². The number of furan rings is 1. The van der Waals surface area contributed by atoms with Crippen LogP contribution in [0.4, 0.5) is 11.4 Å². The number of rotatable bonds is 7. The number of hydrogen-bond acceptors (Lipinski definition) is 4. The van der Waals surface area contributed by atoms with E-state index in [9.17, 15) is 9.59 Å². The molecule has 0 aliphatic heterocycles. The summed E-state index contributed by atoms with van der Waals surface area (Å²) in [7, 11) is 1.82. The second kappa shape index (κ2) is 9.21. The Balaban J connectivity index is 1.63. The number of likely N-dealkylation sites (N-methyl/N-ethyl adjacent to an activating group) is 1. The lowest BCUT2D eigenvalue weighted by molar-refractivity contribution is -0.117. The van der Waals surface area contributed by atoms with Crippen LogP contribution in [0.15, 0.2) is 71.3 Å². The summed E-state index contributed by atoms with van der Waals surface area (Å²) in [6, 6.07) is 17.3. The maximum atomic E-state index is 12.6. The molecule has 3 rings (SSSR count). The monoisotopic (exact) mass is 397 g/mol. The van der Waals surface area contributed by atoms with E-state index in [1.165, 1.54) is 0 Å². The first-order valence-electron chi connectivity index (χ1n) is 8.68. The van der Waals surface area contributed by atoms with E-state index in [0.29, 0.717) is 28.5 Å². The summed E-state index contributed by atoms with van der Waals surface area (Å²) in [5, 5.41) is 6.19. The molecule has 1 heterocycles. The predicted octanol–water partition coefficient (Wildman–Crippen LogP) is 4.26. The Morgan fingerprint density at radius 2 is 1.75 bits per heavy atom. The summed E-state index contributed by atoms with van der Waals surface area (Å²) in [4.78, 5) is 26.8. The zero-order chi connectivity index (χ0) is 19.9. The summed E-state index contributed by atoms with van der Waals surface area (Å²) in [6.45, 7) is 0.674. The molecule has 0 spiro atoms. The summed E-state index contributed by atoms with van der Waals surface area (Å²) in [5.74, 6) is 0.237. The first kappa shape index (κ1) is 19.7. The van der Waals surface area contributed by atoms with E-state index in [1.807, 2.05) is 18.0 Å². The number of hydrogen-bond donors (Lipinski definition) is 2. The zero-order valence-electron chi connectivity index (χ0n) is 15.3. The van der Waals surface area contributed by atoms with Crippen LogP contribution in [0.3, 0.4) is 0 Å². The molecule has 28 heavy (non-hydrogen) atoms. The van der Waals surface area contributed by atoms with Crippen molar-refractivity contribution in [2.24, 2.45) is 0 Å². The molecule has 2 N–H and O–H groups in total. The summed E-state index contributed by atoms with van der Waals surface area (Å²) in [5.41, 5.74) is 1.44. The Morgan fingerprint density at radius 3 is 2.46 bits per heavy atom. The predicted molar refractivity (Wildman–Crippen MR) is 110 cm³/mol. The Bertz CT molecular complexity index is 940. The molecule has 0 saturated carbocycles. The molecule has 0 aliphatic carbocycles. The van der Waals surface area contributed by atoms with Gasteiger partial charge in [0.2, 0.25) is 5.91 Å². The maximum absolute atomic E-state index is 12.6. The standard InChI is InChI=1S/C21H20ClN3O3/c1-25(13-17-5-4-12-28-17)14-20(26)24-19-7-3-2-6-18(19)21(27)23-16-10-8-15(22)9-11-16/h2-12H,13-14H2,1H3,(H,23,27)(H,24,26). The fraction of sp³-hybridized carbons (Fsp3) is 0.143. The molecule has 0 atom stereocenters. The van der Waals surface area contributed by atoms with Crippen molar-refractivity contribution in [3.8, 4) is 0 Å². The second-order valence-electron chi connectivity index (χ2n) is 6.31. The smallest absolute Gasteiger partial charge is 0.257 e. The molecule has 0 unspecified atom stereocenters. The van der Waals surface area contributed by atoms with E-state index < -0.39 is 0 Å². The van der Waals surface area contributed by atoms with Crippen molar-refractivity contribution in [2.75, 3.05) is 24.2 Å². The number of carbonyl (C=O) groups is 2. The number of anilines is 2. The number of carbonyl (C=O) groups excluding carboxylic acids is 2. The number of nitrogens with one attached hydrogen (secondary N) is 2. The van der Waals surface area contributed by atoms with E-state index >= 15 is 0 Å². The number of halogens is 1. The highest BCUT2D eigenvalue weighted by Gasteiger charge is 2.15. The van der Waals surface area contributed by atoms with Gasteiger partial charge in [0.25, 0.3) is 5.91 Å². The third kappa shape index (κ3) is 5.45. The highest BCUT2D eigenvalue weighted by Crippen LogP contribution is 2.19. The molecule has 0 fully saturated rings. The van der Waals surface area contributed by atoms with Crippen molar-refractivity contribution in [1.29, 1.82) is 0 Å². The number of amides is 2. The molecule has 3 aromatic rings. The van der Waals surface area contributed by atoms with Gasteiger partial charge in [0, 0.05) is 10.7 Å². The van der Waals surface area contributed by atoms with Crippen LogP contribution in [0.1, 0.15) is 16.1 Å². The highest BCUT2D eigenvalue weighted by atomic mass is 35.5. The van der Waals surface area contributed by atoms with Crippen LogP contribution in [0.5, 0.6) is 0 Å². The van der Waals surface area contributed by atoms with Gasteiger partial charge in [0.05, 0.1) is 30.6 Å². The fourth-order valence-corrected chi connectivity index (χ4v) is 2.81. The fourth-order valence-electron chi connectivity index (χ4n) is 2.68. The number of nitrogens with zero attached hydrogens (tertiary/aromatic N) is 1. The normalized spacial score (nSPS) is 10.7. The Labute approximate surface area is 168 Å². The first-order chi connectivity index (χ1) is 13.5. The third-order valence-corrected chi connectivity index (χ3v) is 4.22. The Hall–Kier alpha value is -3.09. The summed E-state index contributed by atoms with van der Waals surface area (Å²) < 4.78 is 5.28. The van der Waals surface area contributed by atoms with Gasteiger partial charge >= 0.3 is 0 Å². The van der Waals surface area contributed by atoms with E-state index in [2.05, 4.69) is 10.6 Å². The lowest BCUT2D eigenvalue weighted by atomic mass is 10.1. The summed E-state index contributed by atoms with van der Waals surface area (Å²) >= 11 is 5.86. The van der Waals surface area contributed by atoms with Crippen molar-refractivity contribution in [2.45, 2.75) is 6.54 Å². The Morgan fingerprint density at radius 1 is 1.00 bits per heavy atom. The topological polar surface area (TPSA) is 74.6 Å². The van der Waals surface area contributed by atoms with Gasteiger partial charge in [-0.1, -0.05) is 23.7 Å².